The van der Waals surface area contributed by atoms with E-state index in [1.165, 1.54) is 12.4 Å². The van der Waals surface area contributed by atoms with Crippen LogP contribution in [0.3, 0.4) is 0 Å². The van der Waals surface area contributed by atoms with Crippen LogP contribution >= 0.6 is 0 Å². The highest BCUT2D eigenvalue weighted by atomic mass is 32.2. The molecular formula is C16H19N5O3S. The average Bonchev–Trinajstić information content (AvgIpc) is 3.00. The van der Waals surface area contributed by atoms with Crippen LogP contribution in [0.5, 0.6) is 0 Å². The Bertz CT molecular complexity index is 840. The van der Waals surface area contributed by atoms with Gasteiger partial charge in [0.15, 0.2) is 9.84 Å². The predicted octanol–water partition coefficient (Wildman–Crippen LogP) is 0.425. The third-order valence-electron chi connectivity index (χ3n) is 4.13. The van der Waals surface area contributed by atoms with Gasteiger partial charge in [0.2, 0.25) is 5.95 Å². The number of hydrogen-bond donors (Lipinski definition) is 1. The van der Waals surface area contributed by atoms with E-state index in [2.05, 4.69) is 20.3 Å². The summed E-state index contributed by atoms with van der Waals surface area (Å²) in [6, 6.07) is 5.36. The third-order valence-corrected chi connectivity index (χ3v) is 5.88. The minimum absolute atomic E-state index is 0.110. The molecule has 1 amide bonds. The van der Waals surface area contributed by atoms with Crippen LogP contribution in [-0.2, 0) is 16.4 Å². The lowest BCUT2D eigenvalue weighted by Gasteiger charge is -2.23. The van der Waals surface area contributed by atoms with E-state index < -0.39 is 9.84 Å². The Kier molecular flexibility index (Phi) is 4.93. The number of nitrogens with zero attached hydrogens (tertiary/aromatic N) is 4. The Morgan fingerprint density at radius 1 is 1.28 bits per heavy atom. The van der Waals surface area contributed by atoms with Gasteiger partial charge in [-0.05, 0) is 18.6 Å². The van der Waals surface area contributed by atoms with E-state index in [0.717, 1.165) is 5.69 Å². The van der Waals surface area contributed by atoms with Crippen LogP contribution in [0.1, 0.15) is 22.5 Å². The van der Waals surface area contributed by atoms with Gasteiger partial charge < -0.3 is 10.2 Å². The van der Waals surface area contributed by atoms with Gasteiger partial charge in [0, 0.05) is 31.7 Å². The van der Waals surface area contributed by atoms with Crippen molar-refractivity contribution in [2.75, 3.05) is 23.5 Å². The summed E-state index contributed by atoms with van der Waals surface area (Å²) < 4.78 is 23.2. The zero-order valence-corrected chi connectivity index (χ0v) is 14.6. The fourth-order valence-electron chi connectivity index (χ4n) is 2.64. The van der Waals surface area contributed by atoms with Gasteiger partial charge in [-0.3, -0.25) is 9.78 Å². The van der Waals surface area contributed by atoms with Crippen LogP contribution in [0.4, 0.5) is 5.95 Å². The number of rotatable bonds is 5. The maximum atomic E-state index is 12.1. The summed E-state index contributed by atoms with van der Waals surface area (Å²) in [4.78, 5) is 26.4. The monoisotopic (exact) mass is 361 g/mol. The first kappa shape index (κ1) is 17.3. The lowest BCUT2D eigenvalue weighted by molar-refractivity contribution is 0.0949. The molecular weight excluding hydrogens is 342 g/mol. The molecule has 1 aliphatic rings. The minimum Gasteiger partial charge on any atom is -0.346 e. The minimum atomic E-state index is -2.97. The number of carbonyl (C=O) groups is 1. The number of anilines is 1. The molecule has 1 saturated heterocycles. The Morgan fingerprint density at radius 2 is 2.04 bits per heavy atom. The van der Waals surface area contributed by atoms with E-state index in [0.29, 0.717) is 24.5 Å². The van der Waals surface area contributed by atoms with Gasteiger partial charge in [0.1, 0.15) is 0 Å². The molecule has 25 heavy (non-hydrogen) atoms. The fraction of sp³-hybridized carbons (Fsp3) is 0.375. The van der Waals surface area contributed by atoms with E-state index in [1.54, 1.807) is 18.1 Å². The summed E-state index contributed by atoms with van der Waals surface area (Å²) in [5.74, 6) is 0.418. The largest absolute Gasteiger partial charge is 0.346 e. The maximum absolute atomic E-state index is 12.1. The van der Waals surface area contributed by atoms with E-state index in [1.807, 2.05) is 18.2 Å². The number of sulfone groups is 1. The molecule has 0 aromatic carbocycles. The molecule has 2 aromatic rings. The average molecular weight is 361 g/mol. The first-order valence-electron chi connectivity index (χ1n) is 7.88. The SMILES string of the molecule is CN(c1ncc(C(=O)NCc2ccccn2)cn1)C1CCS(=O)(=O)C1. The zero-order valence-electron chi connectivity index (χ0n) is 13.8. The Labute approximate surface area is 146 Å². The molecule has 2 aromatic heterocycles. The highest BCUT2D eigenvalue weighted by Crippen LogP contribution is 2.19. The standard InChI is InChI=1S/C16H19N5O3S/c1-21(14-5-7-25(23,24)11-14)16-19-8-12(9-20-16)15(22)18-10-13-4-2-3-6-17-13/h2-4,6,8-9,14H,5,7,10-11H2,1H3,(H,18,22). The molecule has 0 bridgehead atoms. The molecule has 0 spiro atoms. The quantitative estimate of drug-likeness (QED) is 0.823. The summed E-state index contributed by atoms with van der Waals surface area (Å²) in [5, 5.41) is 2.76. The topological polar surface area (TPSA) is 105 Å². The van der Waals surface area contributed by atoms with Crippen molar-refractivity contribution < 1.29 is 13.2 Å². The van der Waals surface area contributed by atoms with Crippen molar-refractivity contribution in [3.8, 4) is 0 Å². The molecule has 0 aliphatic carbocycles. The summed E-state index contributed by atoms with van der Waals surface area (Å²) in [5.41, 5.74) is 1.10. The van der Waals surface area contributed by atoms with Gasteiger partial charge in [-0.15, -0.1) is 0 Å². The van der Waals surface area contributed by atoms with E-state index in [4.69, 9.17) is 0 Å². The van der Waals surface area contributed by atoms with Crippen molar-refractivity contribution in [3.63, 3.8) is 0 Å². The maximum Gasteiger partial charge on any atom is 0.254 e. The molecule has 1 N–H and O–H groups in total. The third kappa shape index (κ3) is 4.30. The number of nitrogens with one attached hydrogen (secondary N) is 1. The number of pyridine rings is 1. The zero-order chi connectivity index (χ0) is 17.9. The van der Waals surface area contributed by atoms with Crippen LogP contribution in [0.25, 0.3) is 0 Å². The summed E-state index contributed by atoms with van der Waals surface area (Å²) in [6.45, 7) is 0.321. The second-order valence-corrected chi connectivity index (χ2v) is 8.17. The van der Waals surface area contributed by atoms with Gasteiger partial charge in [0.25, 0.3) is 5.91 Å². The smallest absolute Gasteiger partial charge is 0.254 e. The van der Waals surface area contributed by atoms with E-state index in [-0.39, 0.29) is 23.5 Å². The van der Waals surface area contributed by atoms with E-state index >= 15 is 0 Å². The predicted molar refractivity (Wildman–Crippen MR) is 92.9 cm³/mol. The molecule has 132 valence electrons. The van der Waals surface area contributed by atoms with Crippen molar-refractivity contribution in [2.24, 2.45) is 0 Å². The van der Waals surface area contributed by atoms with Crippen LogP contribution in [0.15, 0.2) is 36.8 Å². The van der Waals surface area contributed by atoms with Crippen LogP contribution in [0.2, 0.25) is 0 Å². The Hall–Kier alpha value is -2.55. The van der Waals surface area contributed by atoms with Crippen molar-refractivity contribution in [1.29, 1.82) is 0 Å². The van der Waals surface area contributed by atoms with Gasteiger partial charge in [-0.1, -0.05) is 6.07 Å². The highest BCUT2D eigenvalue weighted by molar-refractivity contribution is 7.91. The van der Waals surface area contributed by atoms with Crippen molar-refractivity contribution in [1.82, 2.24) is 20.3 Å². The highest BCUT2D eigenvalue weighted by Gasteiger charge is 2.31. The van der Waals surface area contributed by atoms with Crippen LogP contribution < -0.4 is 10.2 Å². The molecule has 1 atom stereocenters. The first-order chi connectivity index (χ1) is 11.9. The lowest BCUT2D eigenvalue weighted by Crippen LogP contribution is -2.34. The van der Waals surface area contributed by atoms with Gasteiger partial charge >= 0.3 is 0 Å². The van der Waals surface area contributed by atoms with Crippen molar-refractivity contribution >= 4 is 21.7 Å². The number of aromatic nitrogens is 3. The van der Waals surface area contributed by atoms with E-state index in [9.17, 15) is 13.2 Å². The fourth-order valence-corrected chi connectivity index (χ4v) is 4.41. The van der Waals surface area contributed by atoms with Crippen LogP contribution in [0, 0.1) is 0 Å². The second kappa shape index (κ2) is 7.14. The summed E-state index contributed by atoms with van der Waals surface area (Å²) >= 11 is 0. The van der Waals surface area contributed by atoms with Gasteiger partial charge in [0.05, 0.1) is 29.3 Å². The molecule has 3 rings (SSSR count). The van der Waals surface area contributed by atoms with Crippen molar-refractivity contribution in [2.45, 2.75) is 19.0 Å². The molecule has 0 radical (unpaired) electrons. The van der Waals surface area contributed by atoms with Crippen LogP contribution in [-0.4, -0.2) is 53.9 Å². The van der Waals surface area contributed by atoms with Gasteiger partial charge in [-0.2, -0.15) is 0 Å². The molecule has 1 unspecified atom stereocenters. The molecule has 0 saturated carbocycles. The summed E-state index contributed by atoms with van der Waals surface area (Å²) in [6.07, 6.45) is 5.11. The molecule has 1 aliphatic heterocycles. The Morgan fingerprint density at radius 3 is 2.64 bits per heavy atom. The molecule has 9 heteroatoms. The molecule has 8 nitrogen and oxygen atoms in total. The first-order valence-corrected chi connectivity index (χ1v) is 9.70. The number of amides is 1. The second-order valence-electron chi connectivity index (χ2n) is 5.94. The molecule has 1 fully saturated rings. The lowest BCUT2D eigenvalue weighted by atomic mass is 10.2. The summed E-state index contributed by atoms with van der Waals surface area (Å²) in [7, 11) is -1.21. The normalized spacial score (nSPS) is 18.7. The molecule has 3 heterocycles. The van der Waals surface area contributed by atoms with Gasteiger partial charge in [-0.25, -0.2) is 18.4 Å². The van der Waals surface area contributed by atoms with Crippen molar-refractivity contribution in [3.05, 3.63) is 48.0 Å². The number of hydrogen-bond acceptors (Lipinski definition) is 7. The number of carbonyl (C=O) groups excluding carboxylic acids is 1. The Balaban J connectivity index is 1.60.